The van der Waals surface area contributed by atoms with Crippen LogP contribution < -0.4 is 11.5 Å². The summed E-state index contributed by atoms with van der Waals surface area (Å²) in [6.07, 6.45) is 1.80. The summed E-state index contributed by atoms with van der Waals surface area (Å²) >= 11 is 0. The molecule has 1 aliphatic heterocycles. The zero-order chi connectivity index (χ0) is 11.6. The normalized spacial score (nSPS) is 21.0. The highest BCUT2D eigenvalue weighted by Crippen LogP contribution is 2.24. The molecule has 0 aromatic rings. The minimum atomic E-state index is -0.839. The van der Waals surface area contributed by atoms with Crippen molar-refractivity contribution in [1.29, 1.82) is 0 Å². The largest absolute Gasteiger partial charge is 0.368 e. The third-order valence-electron chi connectivity index (χ3n) is 3.30. The lowest BCUT2D eigenvalue weighted by atomic mass is 9.89. The maximum atomic E-state index is 12.0. The fourth-order valence-corrected chi connectivity index (χ4v) is 1.76. The van der Waals surface area contributed by atoms with Crippen molar-refractivity contribution in [2.45, 2.75) is 44.7 Å². The smallest absolute Gasteiger partial charge is 0.243 e. The molecule has 0 saturated carbocycles. The van der Waals surface area contributed by atoms with Crippen molar-refractivity contribution in [2.75, 3.05) is 6.54 Å². The second-order valence-corrected chi connectivity index (χ2v) is 4.07. The Hall–Kier alpha value is -1.10. The summed E-state index contributed by atoms with van der Waals surface area (Å²) in [5.74, 6) is -0.591. The first-order chi connectivity index (χ1) is 6.96. The summed E-state index contributed by atoms with van der Waals surface area (Å²) in [6, 6.07) is -0.446. The van der Waals surface area contributed by atoms with Crippen LogP contribution in [-0.4, -0.2) is 34.8 Å². The summed E-state index contributed by atoms with van der Waals surface area (Å²) in [5.41, 5.74) is 10.3. The zero-order valence-corrected chi connectivity index (χ0v) is 9.32. The van der Waals surface area contributed by atoms with Crippen LogP contribution in [0.3, 0.4) is 0 Å². The topological polar surface area (TPSA) is 89.4 Å². The van der Waals surface area contributed by atoms with Crippen LogP contribution in [0.5, 0.6) is 0 Å². The van der Waals surface area contributed by atoms with Crippen molar-refractivity contribution < 1.29 is 9.59 Å². The van der Waals surface area contributed by atoms with Crippen molar-refractivity contribution >= 4 is 11.8 Å². The predicted molar refractivity (Wildman–Crippen MR) is 56.8 cm³/mol. The molecule has 1 rings (SSSR count). The fourth-order valence-electron chi connectivity index (χ4n) is 1.76. The van der Waals surface area contributed by atoms with Gasteiger partial charge in [-0.05, 0) is 19.3 Å². The molecule has 86 valence electrons. The van der Waals surface area contributed by atoms with Crippen LogP contribution in [0.2, 0.25) is 0 Å². The number of hydrogen-bond acceptors (Lipinski definition) is 3. The van der Waals surface area contributed by atoms with Gasteiger partial charge in [-0.15, -0.1) is 0 Å². The highest BCUT2D eigenvalue weighted by Gasteiger charge is 2.43. The SMILES string of the molecule is CCC(N)(CC)C(=O)N1CCC1C(N)=O. The van der Waals surface area contributed by atoms with Crippen molar-refractivity contribution in [1.82, 2.24) is 4.90 Å². The molecular weight excluding hydrogens is 194 g/mol. The first kappa shape index (κ1) is 12.0. The Bertz CT molecular complexity index is 274. The molecule has 2 amide bonds. The number of nitrogens with two attached hydrogens (primary N) is 2. The van der Waals surface area contributed by atoms with E-state index in [0.29, 0.717) is 25.8 Å². The van der Waals surface area contributed by atoms with Crippen LogP contribution in [0, 0.1) is 0 Å². The molecule has 0 spiro atoms. The number of carbonyl (C=O) groups is 2. The summed E-state index contributed by atoms with van der Waals surface area (Å²) in [7, 11) is 0. The monoisotopic (exact) mass is 213 g/mol. The molecule has 5 heteroatoms. The van der Waals surface area contributed by atoms with E-state index in [-0.39, 0.29) is 5.91 Å². The number of amides is 2. The third-order valence-corrected chi connectivity index (χ3v) is 3.30. The van der Waals surface area contributed by atoms with E-state index in [1.54, 1.807) is 0 Å². The molecule has 1 saturated heterocycles. The van der Waals surface area contributed by atoms with Gasteiger partial charge in [-0.1, -0.05) is 13.8 Å². The van der Waals surface area contributed by atoms with Gasteiger partial charge in [0.25, 0.3) is 0 Å². The van der Waals surface area contributed by atoms with E-state index in [9.17, 15) is 9.59 Å². The average molecular weight is 213 g/mol. The quantitative estimate of drug-likeness (QED) is 0.665. The second-order valence-electron chi connectivity index (χ2n) is 4.07. The Kier molecular flexibility index (Phi) is 3.34. The van der Waals surface area contributed by atoms with E-state index in [4.69, 9.17) is 11.5 Å². The van der Waals surface area contributed by atoms with E-state index in [1.807, 2.05) is 13.8 Å². The Morgan fingerprint density at radius 2 is 1.93 bits per heavy atom. The fraction of sp³-hybridized carbons (Fsp3) is 0.800. The standard InChI is InChI=1S/C10H19N3O2/c1-3-10(12,4-2)9(15)13-6-5-7(13)8(11)14/h7H,3-6,12H2,1-2H3,(H2,11,14). The minimum absolute atomic E-state index is 0.150. The van der Waals surface area contributed by atoms with E-state index in [1.165, 1.54) is 4.90 Å². The van der Waals surface area contributed by atoms with Crippen LogP contribution in [0.1, 0.15) is 33.1 Å². The Labute approximate surface area is 89.8 Å². The molecule has 1 atom stereocenters. The van der Waals surface area contributed by atoms with Crippen molar-refractivity contribution in [3.63, 3.8) is 0 Å². The van der Waals surface area contributed by atoms with E-state index in [2.05, 4.69) is 0 Å². The molecule has 0 aromatic carbocycles. The van der Waals surface area contributed by atoms with Gasteiger partial charge < -0.3 is 16.4 Å². The predicted octanol–water partition coefficient (Wildman–Crippen LogP) is -0.410. The summed E-state index contributed by atoms with van der Waals surface area (Å²) < 4.78 is 0. The van der Waals surface area contributed by atoms with Crippen molar-refractivity contribution in [3.05, 3.63) is 0 Å². The summed E-state index contributed by atoms with van der Waals surface area (Å²) in [5, 5.41) is 0. The van der Waals surface area contributed by atoms with Gasteiger partial charge in [-0.3, -0.25) is 9.59 Å². The van der Waals surface area contributed by atoms with Gasteiger partial charge in [0.15, 0.2) is 0 Å². The van der Waals surface area contributed by atoms with Crippen LogP contribution in [0.15, 0.2) is 0 Å². The number of likely N-dealkylation sites (tertiary alicyclic amines) is 1. The lowest BCUT2D eigenvalue weighted by Crippen LogP contribution is -2.65. The van der Waals surface area contributed by atoms with Crippen molar-refractivity contribution in [3.8, 4) is 0 Å². The molecule has 0 radical (unpaired) electrons. The minimum Gasteiger partial charge on any atom is -0.368 e. The molecule has 15 heavy (non-hydrogen) atoms. The molecule has 4 N–H and O–H groups in total. The molecule has 1 fully saturated rings. The van der Waals surface area contributed by atoms with Gasteiger partial charge in [0.1, 0.15) is 6.04 Å². The maximum Gasteiger partial charge on any atom is 0.243 e. The van der Waals surface area contributed by atoms with E-state index in [0.717, 1.165) is 0 Å². The zero-order valence-electron chi connectivity index (χ0n) is 9.32. The number of hydrogen-bond donors (Lipinski definition) is 2. The molecule has 0 aliphatic carbocycles. The van der Waals surface area contributed by atoms with E-state index >= 15 is 0 Å². The number of rotatable bonds is 4. The molecule has 1 aliphatic rings. The highest BCUT2D eigenvalue weighted by molar-refractivity contribution is 5.92. The second kappa shape index (κ2) is 4.18. The Morgan fingerprint density at radius 1 is 1.40 bits per heavy atom. The van der Waals surface area contributed by atoms with Gasteiger partial charge in [0, 0.05) is 6.54 Å². The molecule has 1 heterocycles. The first-order valence-corrected chi connectivity index (χ1v) is 5.35. The van der Waals surface area contributed by atoms with Gasteiger partial charge in [-0.2, -0.15) is 0 Å². The van der Waals surface area contributed by atoms with Gasteiger partial charge >= 0.3 is 0 Å². The molecule has 5 nitrogen and oxygen atoms in total. The third kappa shape index (κ3) is 1.97. The maximum absolute atomic E-state index is 12.0. The van der Waals surface area contributed by atoms with Crippen LogP contribution in [0.4, 0.5) is 0 Å². The van der Waals surface area contributed by atoms with Gasteiger partial charge in [0.05, 0.1) is 5.54 Å². The van der Waals surface area contributed by atoms with E-state index < -0.39 is 17.5 Å². The van der Waals surface area contributed by atoms with Crippen LogP contribution in [0.25, 0.3) is 0 Å². The van der Waals surface area contributed by atoms with Crippen molar-refractivity contribution in [2.24, 2.45) is 11.5 Å². The lowest BCUT2D eigenvalue weighted by molar-refractivity contribution is -0.150. The highest BCUT2D eigenvalue weighted by atomic mass is 16.2. The Balaban J connectivity index is 2.73. The average Bonchev–Trinajstić information content (AvgIpc) is 2.13. The number of nitrogens with zero attached hydrogens (tertiary/aromatic N) is 1. The number of carbonyl (C=O) groups excluding carboxylic acids is 2. The van der Waals surface area contributed by atoms with Crippen LogP contribution in [-0.2, 0) is 9.59 Å². The summed E-state index contributed by atoms with van der Waals surface area (Å²) in [6.45, 7) is 4.34. The molecular formula is C10H19N3O2. The summed E-state index contributed by atoms with van der Waals surface area (Å²) in [4.78, 5) is 24.5. The molecule has 0 aromatic heterocycles. The van der Waals surface area contributed by atoms with Crippen LogP contribution >= 0.6 is 0 Å². The lowest BCUT2D eigenvalue weighted by Gasteiger charge is -2.43. The van der Waals surface area contributed by atoms with Gasteiger partial charge in [-0.25, -0.2) is 0 Å². The molecule has 0 bridgehead atoms. The molecule has 1 unspecified atom stereocenters. The van der Waals surface area contributed by atoms with Gasteiger partial charge in [0.2, 0.25) is 11.8 Å². The number of primary amides is 1. The Morgan fingerprint density at radius 3 is 2.20 bits per heavy atom. The first-order valence-electron chi connectivity index (χ1n) is 5.35.